The largest absolute Gasteiger partial charge is 0.396 e. The molecule has 2 aromatic rings. The first-order valence-electron chi connectivity index (χ1n) is 5.96. The first-order chi connectivity index (χ1) is 8.79. The van der Waals surface area contributed by atoms with Crippen molar-refractivity contribution in [2.45, 2.75) is 13.0 Å². The smallest absolute Gasteiger partial charge is 0.0471 e. The highest BCUT2D eigenvalue weighted by atomic mass is 35.5. The maximum absolute atomic E-state index is 8.84. The second-order valence-electron chi connectivity index (χ2n) is 4.12. The summed E-state index contributed by atoms with van der Waals surface area (Å²) in [5, 5.41) is 12.9. The summed E-state index contributed by atoms with van der Waals surface area (Å²) >= 11 is 6.09. The lowest BCUT2D eigenvalue weighted by atomic mass is 10.1. The molecule has 94 valence electrons. The van der Waals surface area contributed by atoms with E-state index in [0.717, 1.165) is 21.8 Å². The maximum atomic E-state index is 8.84. The Morgan fingerprint density at radius 3 is 2.39 bits per heavy atom. The van der Waals surface area contributed by atoms with Gasteiger partial charge in [0.05, 0.1) is 0 Å². The van der Waals surface area contributed by atoms with Crippen LogP contribution in [0, 0.1) is 0 Å². The van der Waals surface area contributed by atoms with E-state index in [1.807, 2.05) is 48.5 Å². The SMILES string of the molecule is OCCc1ccc(NCc2ccccc2Cl)cc1. The number of rotatable bonds is 5. The molecule has 0 saturated heterocycles. The van der Waals surface area contributed by atoms with Gasteiger partial charge in [-0.05, 0) is 35.7 Å². The number of hydrogen-bond acceptors (Lipinski definition) is 2. The third-order valence-corrected chi connectivity index (χ3v) is 3.16. The molecule has 0 fully saturated rings. The zero-order valence-corrected chi connectivity index (χ0v) is 10.8. The fourth-order valence-corrected chi connectivity index (χ4v) is 1.96. The molecule has 0 aromatic heterocycles. The predicted molar refractivity (Wildman–Crippen MR) is 76.0 cm³/mol. The van der Waals surface area contributed by atoms with E-state index in [1.165, 1.54) is 0 Å². The van der Waals surface area contributed by atoms with Crippen LogP contribution < -0.4 is 5.32 Å². The van der Waals surface area contributed by atoms with Crippen LogP contribution in [-0.2, 0) is 13.0 Å². The van der Waals surface area contributed by atoms with Crippen molar-refractivity contribution in [2.75, 3.05) is 11.9 Å². The number of aliphatic hydroxyl groups excluding tert-OH is 1. The highest BCUT2D eigenvalue weighted by Gasteiger charge is 1.99. The second kappa shape index (κ2) is 6.43. The highest BCUT2D eigenvalue weighted by molar-refractivity contribution is 6.31. The number of benzene rings is 2. The number of anilines is 1. The summed E-state index contributed by atoms with van der Waals surface area (Å²) in [6, 6.07) is 15.9. The van der Waals surface area contributed by atoms with Crippen molar-refractivity contribution in [1.82, 2.24) is 0 Å². The Labute approximate surface area is 112 Å². The van der Waals surface area contributed by atoms with Crippen molar-refractivity contribution in [1.29, 1.82) is 0 Å². The minimum Gasteiger partial charge on any atom is -0.396 e. The molecule has 0 amide bonds. The standard InChI is InChI=1S/C15H16ClNO/c16-15-4-2-1-3-13(15)11-17-14-7-5-12(6-8-14)9-10-18/h1-8,17-18H,9-11H2. The van der Waals surface area contributed by atoms with Gasteiger partial charge in [0.15, 0.2) is 0 Å². The van der Waals surface area contributed by atoms with Gasteiger partial charge in [-0.25, -0.2) is 0 Å². The van der Waals surface area contributed by atoms with E-state index in [9.17, 15) is 0 Å². The van der Waals surface area contributed by atoms with Crippen molar-refractivity contribution in [3.63, 3.8) is 0 Å². The third kappa shape index (κ3) is 3.49. The molecule has 0 spiro atoms. The lowest BCUT2D eigenvalue weighted by molar-refractivity contribution is 0.299. The van der Waals surface area contributed by atoms with Crippen LogP contribution in [0.3, 0.4) is 0 Å². The van der Waals surface area contributed by atoms with E-state index < -0.39 is 0 Å². The van der Waals surface area contributed by atoms with Crippen molar-refractivity contribution < 1.29 is 5.11 Å². The molecule has 18 heavy (non-hydrogen) atoms. The quantitative estimate of drug-likeness (QED) is 0.864. The van der Waals surface area contributed by atoms with Crippen LogP contribution in [0.2, 0.25) is 5.02 Å². The summed E-state index contributed by atoms with van der Waals surface area (Å²) in [6.07, 6.45) is 0.699. The zero-order valence-electron chi connectivity index (χ0n) is 10.1. The van der Waals surface area contributed by atoms with Gasteiger partial charge in [0.2, 0.25) is 0 Å². The summed E-state index contributed by atoms with van der Waals surface area (Å²) in [4.78, 5) is 0. The van der Waals surface area contributed by atoms with Gasteiger partial charge in [0.25, 0.3) is 0 Å². The molecule has 2 N–H and O–H groups in total. The van der Waals surface area contributed by atoms with Gasteiger partial charge in [0, 0.05) is 23.9 Å². The first kappa shape index (κ1) is 12.9. The number of hydrogen-bond donors (Lipinski definition) is 2. The van der Waals surface area contributed by atoms with Gasteiger partial charge in [-0.1, -0.05) is 41.9 Å². The van der Waals surface area contributed by atoms with E-state index in [4.69, 9.17) is 16.7 Å². The predicted octanol–water partition coefficient (Wildman–Crippen LogP) is 3.49. The molecule has 0 radical (unpaired) electrons. The summed E-state index contributed by atoms with van der Waals surface area (Å²) in [7, 11) is 0. The Morgan fingerprint density at radius 2 is 1.72 bits per heavy atom. The molecule has 3 heteroatoms. The number of aliphatic hydroxyl groups is 1. The fraction of sp³-hybridized carbons (Fsp3) is 0.200. The van der Waals surface area contributed by atoms with Crippen LogP contribution in [0.15, 0.2) is 48.5 Å². The third-order valence-electron chi connectivity index (χ3n) is 2.80. The highest BCUT2D eigenvalue weighted by Crippen LogP contribution is 2.17. The normalized spacial score (nSPS) is 10.3. The maximum Gasteiger partial charge on any atom is 0.0471 e. The molecule has 0 heterocycles. The summed E-state index contributed by atoms with van der Waals surface area (Å²) in [5.74, 6) is 0. The van der Waals surface area contributed by atoms with Crippen molar-refractivity contribution >= 4 is 17.3 Å². The number of nitrogens with one attached hydrogen (secondary N) is 1. The molecular formula is C15H16ClNO. The van der Waals surface area contributed by atoms with Gasteiger partial charge in [0.1, 0.15) is 0 Å². The Bertz CT molecular complexity index is 496. The summed E-state index contributed by atoms with van der Waals surface area (Å²) < 4.78 is 0. The van der Waals surface area contributed by atoms with Crippen LogP contribution in [-0.4, -0.2) is 11.7 Å². The van der Waals surface area contributed by atoms with Crippen LogP contribution in [0.5, 0.6) is 0 Å². The minimum atomic E-state index is 0.187. The van der Waals surface area contributed by atoms with E-state index >= 15 is 0 Å². The Morgan fingerprint density at radius 1 is 1.00 bits per heavy atom. The van der Waals surface area contributed by atoms with Crippen LogP contribution in [0.25, 0.3) is 0 Å². The molecule has 0 aliphatic rings. The fourth-order valence-electron chi connectivity index (χ4n) is 1.76. The van der Waals surface area contributed by atoms with Gasteiger partial charge in [-0.2, -0.15) is 0 Å². The lowest BCUT2D eigenvalue weighted by Gasteiger charge is -2.08. The molecular weight excluding hydrogens is 246 g/mol. The Hall–Kier alpha value is -1.51. The van der Waals surface area contributed by atoms with Gasteiger partial charge >= 0.3 is 0 Å². The molecule has 2 nitrogen and oxygen atoms in total. The minimum absolute atomic E-state index is 0.187. The Kier molecular flexibility index (Phi) is 4.62. The molecule has 0 aliphatic carbocycles. The average molecular weight is 262 g/mol. The van der Waals surface area contributed by atoms with E-state index in [0.29, 0.717) is 13.0 Å². The van der Waals surface area contributed by atoms with Crippen molar-refractivity contribution in [3.8, 4) is 0 Å². The van der Waals surface area contributed by atoms with Gasteiger partial charge < -0.3 is 10.4 Å². The van der Waals surface area contributed by atoms with Crippen LogP contribution in [0.1, 0.15) is 11.1 Å². The first-order valence-corrected chi connectivity index (χ1v) is 6.34. The van der Waals surface area contributed by atoms with Crippen molar-refractivity contribution in [3.05, 3.63) is 64.7 Å². The number of halogens is 1. The van der Waals surface area contributed by atoms with Crippen molar-refractivity contribution in [2.24, 2.45) is 0 Å². The topological polar surface area (TPSA) is 32.3 Å². The van der Waals surface area contributed by atoms with E-state index in [1.54, 1.807) is 0 Å². The summed E-state index contributed by atoms with van der Waals surface area (Å²) in [6.45, 7) is 0.894. The van der Waals surface area contributed by atoms with Crippen LogP contribution >= 0.6 is 11.6 Å². The zero-order chi connectivity index (χ0) is 12.8. The molecule has 0 aliphatic heterocycles. The Balaban J connectivity index is 1.96. The molecule has 2 rings (SSSR count). The lowest BCUT2D eigenvalue weighted by Crippen LogP contribution is -2.00. The molecule has 0 unspecified atom stereocenters. The second-order valence-corrected chi connectivity index (χ2v) is 4.52. The monoisotopic (exact) mass is 261 g/mol. The van der Waals surface area contributed by atoms with E-state index in [-0.39, 0.29) is 6.61 Å². The van der Waals surface area contributed by atoms with E-state index in [2.05, 4.69) is 5.32 Å². The molecule has 0 bridgehead atoms. The summed E-state index contributed by atoms with van der Waals surface area (Å²) in [5.41, 5.74) is 3.27. The average Bonchev–Trinajstić information content (AvgIpc) is 2.40. The van der Waals surface area contributed by atoms with Gasteiger partial charge in [-0.3, -0.25) is 0 Å². The van der Waals surface area contributed by atoms with Crippen LogP contribution in [0.4, 0.5) is 5.69 Å². The molecule has 0 atom stereocenters. The molecule has 0 saturated carbocycles. The van der Waals surface area contributed by atoms with Gasteiger partial charge in [-0.15, -0.1) is 0 Å². The molecule has 2 aromatic carbocycles.